The smallest absolute Gasteiger partial charge is 0.260 e. The van der Waals surface area contributed by atoms with Crippen LogP contribution >= 0.6 is 15.9 Å². The molecule has 1 unspecified atom stereocenters. The SMILES string of the molecule is Cc1cc(C(C)Br)c2nc(N3Cc4ccccc4C3)[nH]c(=O)c2c1. The second-order valence-corrected chi connectivity index (χ2v) is 7.75. The standard InChI is InChI=1S/C19H18BrN3O/c1-11-7-15(12(2)20)17-16(8-11)18(24)22-19(21-17)23-9-13-5-3-4-6-14(13)10-23/h3-8,12H,9-10H2,1-2H3,(H,21,22,24). The number of hydrogen-bond donors (Lipinski definition) is 1. The van der Waals surface area contributed by atoms with Crippen LogP contribution < -0.4 is 10.5 Å². The van der Waals surface area contributed by atoms with Crippen molar-refractivity contribution in [2.75, 3.05) is 4.90 Å². The molecule has 24 heavy (non-hydrogen) atoms. The number of aromatic amines is 1. The highest BCUT2D eigenvalue weighted by molar-refractivity contribution is 9.09. The lowest BCUT2D eigenvalue weighted by molar-refractivity contribution is 0.829. The number of aromatic nitrogens is 2. The fourth-order valence-electron chi connectivity index (χ4n) is 3.34. The van der Waals surface area contributed by atoms with Gasteiger partial charge >= 0.3 is 0 Å². The molecule has 0 aliphatic carbocycles. The molecule has 1 N–H and O–H groups in total. The summed E-state index contributed by atoms with van der Waals surface area (Å²) in [5.74, 6) is 0.641. The zero-order valence-electron chi connectivity index (χ0n) is 13.6. The van der Waals surface area contributed by atoms with E-state index in [1.54, 1.807) is 0 Å². The van der Waals surface area contributed by atoms with Crippen molar-refractivity contribution < 1.29 is 0 Å². The van der Waals surface area contributed by atoms with Crippen LogP contribution in [-0.2, 0) is 13.1 Å². The van der Waals surface area contributed by atoms with Crippen LogP contribution in [-0.4, -0.2) is 9.97 Å². The van der Waals surface area contributed by atoms with Gasteiger partial charge in [-0.25, -0.2) is 4.98 Å². The van der Waals surface area contributed by atoms with Gasteiger partial charge in [0.25, 0.3) is 5.56 Å². The molecule has 1 aliphatic heterocycles. The Morgan fingerprint density at radius 2 is 1.88 bits per heavy atom. The van der Waals surface area contributed by atoms with Crippen LogP contribution in [0.4, 0.5) is 5.95 Å². The Morgan fingerprint density at radius 3 is 2.50 bits per heavy atom. The van der Waals surface area contributed by atoms with Gasteiger partial charge in [0.1, 0.15) is 0 Å². The summed E-state index contributed by atoms with van der Waals surface area (Å²) < 4.78 is 0. The highest BCUT2D eigenvalue weighted by Crippen LogP contribution is 2.31. The van der Waals surface area contributed by atoms with Crippen molar-refractivity contribution in [2.24, 2.45) is 0 Å². The lowest BCUT2D eigenvalue weighted by Crippen LogP contribution is -2.22. The fourth-order valence-corrected chi connectivity index (χ4v) is 3.69. The molecule has 122 valence electrons. The monoisotopic (exact) mass is 383 g/mol. The number of halogens is 1. The molecular formula is C19H18BrN3O. The first-order chi connectivity index (χ1) is 11.5. The minimum Gasteiger partial charge on any atom is -0.334 e. The van der Waals surface area contributed by atoms with Gasteiger partial charge in [-0.2, -0.15) is 0 Å². The third-order valence-corrected chi connectivity index (χ3v) is 5.03. The molecule has 3 aromatic rings. The summed E-state index contributed by atoms with van der Waals surface area (Å²) in [5.41, 5.74) is 5.40. The van der Waals surface area contributed by atoms with Crippen molar-refractivity contribution in [3.63, 3.8) is 0 Å². The number of anilines is 1. The molecule has 4 nitrogen and oxygen atoms in total. The Hall–Kier alpha value is -2.14. The molecular weight excluding hydrogens is 366 g/mol. The number of alkyl halides is 1. The maximum atomic E-state index is 12.6. The Balaban J connectivity index is 1.85. The van der Waals surface area contributed by atoms with Gasteiger partial charge in [-0.1, -0.05) is 46.3 Å². The quantitative estimate of drug-likeness (QED) is 0.674. The molecule has 0 saturated carbocycles. The third-order valence-electron chi connectivity index (χ3n) is 4.54. The van der Waals surface area contributed by atoms with E-state index in [-0.39, 0.29) is 10.4 Å². The molecule has 1 atom stereocenters. The predicted octanol–water partition coefficient (Wildman–Crippen LogP) is 4.21. The largest absolute Gasteiger partial charge is 0.334 e. The zero-order chi connectivity index (χ0) is 16.8. The van der Waals surface area contributed by atoms with Crippen LogP contribution in [0, 0.1) is 6.92 Å². The van der Waals surface area contributed by atoms with E-state index in [2.05, 4.69) is 50.9 Å². The Kier molecular flexibility index (Phi) is 3.68. The molecule has 0 spiro atoms. The average Bonchev–Trinajstić information content (AvgIpc) is 2.98. The van der Waals surface area contributed by atoms with Gasteiger partial charge in [0, 0.05) is 17.9 Å². The maximum absolute atomic E-state index is 12.6. The van der Waals surface area contributed by atoms with E-state index in [9.17, 15) is 4.79 Å². The van der Waals surface area contributed by atoms with Crippen molar-refractivity contribution in [3.8, 4) is 0 Å². The molecule has 1 aromatic heterocycles. The molecule has 5 heteroatoms. The second kappa shape index (κ2) is 5.74. The molecule has 0 saturated heterocycles. The van der Waals surface area contributed by atoms with Crippen molar-refractivity contribution in [2.45, 2.75) is 31.8 Å². The summed E-state index contributed by atoms with van der Waals surface area (Å²) in [7, 11) is 0. The topological polar surface area (TPSA) is 49.0 Å². The van der Waals surface area contributed by atoms with Gasteiger partial charge in [-0.15, -0.1) is 0 Å². The van der Waals surface area contributed by atoms with Crippen LogP contribution in [0.1, 0.15) is 34.0 Å². The lowest BCUT2D eigenvalue weighted by atomic mass is 10.0. The summed E-state index contributed by atoms with van der Waals surface area (Å²) in [6.07, 6.45) is 0. The molecule has 0 radical (unpaired) electrons. The number of nitrogens with zero attached hydrogens (tertiary/aromatic N) is 2. The molecule has 0 fully saturated rings. The van der Waals surface area contributed by atoms with Gasteiger partial charge in [0.05, 0.1) is 10.9 Å². The Morgan fingerprint density at radius 1 is 1.21 bits per heavy atom. The number of H-pyrrole nitrogens is 1. The summed E-state index contributed by atoms with van der Waals surface area (Å²) in [6.45, 7) is 5.61. The van der Waals surface area contributed by atoms with Gasteiger partial charge in [-0.05, 0) is 42.2 Å². The lowest BCUT2D eigenvalue weighted by Gasteiger charge is -2.17. The van der Waals surface area contributed by atoms with E-state index >= 15 is 0 Å². The summed E-state index contributed by atoms with van der Waals surface area (Å²) in [4.78, 5) is 22.6. The number of nitrogens with one attached hydrogen (secondary N) is 1. The number of benzene rings is 2. The Labute approximate surface area is 148 Å². The van der Waals surface area contributed by atoms with Crippen LogP contribution in [0.3, 0.4) is 0 Å². The molecule has 1 aliphatic rings. The molecule has 2 aromatic carbocycles. The zero-order valence-corrected chi connectivity index (χ0v) is 15.2. The normalized spacial score (nSPS) is 14.9. The van der Waals surface area contributed by atoms with Gasteiger partial charge in [0.15, 0.2) is 0 Å². The Bertz CT molecular complexity index is 969. The number of aryl methyl sites for hydroxylation is 1. The van der Waals surface area contributed by atoms with Crippen molar-refractivity contribution in [1.82, 2.24) is 9.97 Å². The number of fused-ring (bicyclic) bond motifs is 2. The van der Waals surface area contributed by atoms with Crippen LogP contribution in [0.2, 0.25) is 0 Å². The first-order valence-corrected chi connectivity index (χ1v) is 8.95. The average molecular weight is 384 g/mol. The first kappa shape index (κ1) is 15.4. The number of rotatable bonds is 2. The minimum atomic E-state index is -0.0796. The van der Waals surface area contributed by atoms with Crippen molar-refractivity contribution in [3.05, 3.63) is 69.0 Å². The number of hydrogen-bond acceptors (Lipinski definition) is 3. The fraction of sp³-hybridized carbons (Fsp3) is 0.263. The van der Waals surface area contributed by atoms with E-state index in [1.165, 1.54) is 11.1 Å². The van der Waals surface area contributed by atoms with Gasteiger partial charge in [0.2, 0.25) is 5.95 Å². The maximum Gasteiger partial charge on any atom is 0.260 e. The summed E-state index contributed by atoms with van der Waals surface area (Å²) in [5, 5.41) is 0.650. The predicted molar refractivity (Wildman–Crippen MR) is 101 cm³/mol. The molecule has 2 heterocycles. The van der Waals surface area contributed by atoms with Crippen LogP contribution in [0.5, 0.6) is 0 Å². The van der Waals surface area contributed by atoms with E-state index in [4.69, 9.17) is 4.98 Å². The summed E-state index contributed by atoms with van der Waals surface area (Å²) in [6, 6.07) is 12.4. The van der Waals surface area contributed by atoms with E-state index in [1.807, 2.05) is 25.1 Å². The summed E-state index contributed by atoms with van der Waals surface area (Å²) >= 11 is 3.63. The second-order valence-electron chi connectivity index (χ2n) is 6.38. The van der Waals surface area contributed by atoms with Crippen LogP contribution in [0.25, 0.3) is 10.9 Å². The van der Waals surface area contributed by atoms with E-state index in [0.29, 0.717) is 11.3 Å². The minimum absolute atomic E-state index is 0.0796. The first-order valence-electron chi connectivity index (χ1n) is 8.03. The van der Waals surface area contributed by atoms with E-state index < -0.39 is 0 Å². The van der Waals surface area contributed by atoms with E-state index in [0.717, 1.165) is 29.7 Å². The molecule has 4 rings (SSSR count). The van der Waals surface area contributed by atoms with Crippen molar-refractivity contribution >= 4 is 32.8 Å². The highest BCUT2D eigenvalue weighted by Gasteiger charge is 2.22. The van der Waals surface area contributed by atoms with Crippen LogP contribution in [0.15, 0.2) is 41.2 Å². The van der Waals surface area contributed by atoms with Gasteiger partial charge in [-0.3, -0.25) is 9.78 Å². The highest BCUT2D eigenvalue weighted by atomic mass is 79.9. The molecule has 0 bridgehead atoms. The molecule has 0 amide bonds. The van der Waals surface area contributed by atoms with Crippen molar-refractivity contribution in [1.29, 1.82) is 0 Å². The third kappa shape index (κ3) is 2.53. The van der Waals surface area contributed by atoms with Gasteiger partial charge < -0.3 is 4.90 Å².